The van der Waals surface area contributed by atoms with Crippen molar-refractivity contribution in [1.29, 1.82) is 0 Å². The summed E-state index contributed by atoms with van der Waals surface area (Å²) in [6.07, 6.45) is 3.78. The van der Waals surface area contributed by atoms with E-state index in [9.17, 15) is 4.79 Å². The third-order valence-electron chi connectivity index (χ3n) is 6.34. The molecule has 3 aromatic rings. The minimum Gasteiger partial charge on any atom is -0.493 e. The molecule has 1 amide bonds. The first-order valence-electron chi connectivity index (χ1n) is 11.8. The van der Waals surface area contributed by atoms with Crippen LogP contribution in [0.5, 0.6) is 11.5 Å². The molecule has 0 radical (unpaired) electrons. The van der Waals surface area contributed by atoms with Crippen molar-refractivity contribution >= 4 is 40.7 Å². The van der Waals surface area contributed by atoms with Crippen LogP contribution < -0.4 is 19.3 Å². The maximum Gasteiger partial charge on any atom is 0.262 e. The lowest BCUT2D eigenvalue weighted by atomic mass is 10.1. The highest BCUT2D eigenvalue weighted by molar-refractivity contribution is 6.30. The number of anilines is 2. The van der Waals surface area contributed by atoms with Crippen LogP contribution >= 0.6 is 11.6 Å². The Morgan fingerprint density at radius 2 is 1.53 bits per heavy atom. The minimum absolute atomic E-state index is 0.103. The molecule has 2 aliphatic rings. The van der Waals surface area contributed by atoms with Crippen LogP contribution in [-0.4, -0.2) is 46.4 Å². The van der Waals surface area contributed by atoms with E-state index in [0.717, 1.165) is 54.5 Å². The lowest BCUT2D eigenvalue weighted by Crippen LogP contribution is -2.36. The summed E-state index contributed by atoms with van der Waals surface area (Å²) in [6, 6.07) is 21.2. The summed E-state index contributed by atoms with van der Waals surface area (Å²) in [4.78, 5) is 17.8. The molecule has 0 spiro atoms. The van der Waals surface area contributed by atoms with Crippen molar-refractivity contribution in [3.63, 3.8) is 0 Å². The van der Waals surface area contributed by atoms with E-state index in [4.69, 9.17) is 25.8 Å². The summed E-state index contributed by atoms with van der Waals surface area (Å²) in [5.74, 6) is 1.14. The number of benzene rings is 3. The zero-order chi connectivity index (χ0) is 25.1. The van der Waals surface area contributed by atoms with Gasteiger partial charge in [-0.3, -0.25) is 9.69 Å². The molecule has 0 unspecified atom stereocenters. The predicted octanol–water partition coefficient (Wildman–Crippen LogP) is 5.67. The van der Waals surface area contributed by atoms with Gasteiger partial charge in [-0.2, -0.15) is 0 Å². The van der Waals surface area contributed by atoms with E-state index in [1.54, 1.807) is 19.1 Å². The van der Waals surface area contributed by atoms with Crippen LogP contribution in [0.25, 0.3) is 11.8 Å². The molecule has 0 N–H and O–H groups in total. The van der Waals surface area contributed by atoms with Gasteiger partial charge in [0.15, 0.2) is 11.5 Å². The molecule has 0 aromatic heterocycles. The van der Waals surface area contributed by atoms with Crippen molar-refractivity contribution in [2.75, 3.05) is 50.3 Å². The van der Waals surface area contributed by atoms with Gasteiger partial charge in [-0.1, -0.05) is 29.8 Å². The molecule has 5 rings (SSSR count). The standard InChI is InChI=1S/C29H27ClN2O4/c1-34-27-12-3-20(18-28(27)35-2)17-22-19-26(21-4-6-23(30)7-5-21)32(29(22)33)25-10-8-24(9-11-25)31-13-15-36-16-14-31/h3-12,17-19H,13-16H2,1-2H3/b22-17-. The maximum atomic E-state index is 13.7. The summed E-state index contributed by atoms with van der Waals surface area (Å²) in [5, 5.41) is 0.645. The van der Waals surface area contributed by atoms with Crippen LogP contribution in [-0.2, 0) is 9.53 Å². The molecule has 1 saturated heterocycles. The van der Waals surface area contributed by atoms with Gasteiger partial charge in [-0.25, -0.2) is 0 Å². The second-order valence-electron chi connectivity index (χ2n) is 8.51. The van der Waals surface area contributed by atoms with E-state index in [-0.39, 0.29) is 5.91 Å². The molecule has 3 aromatic carbocycles. The molecule has 0 saturated carbocycles. The third kappa shape index (κ3) is 4.83. The lowest BCUT2D eigenvalue weighted by Gasteiger charge is -2.29. The molecule has 0 bridgehead atoms. The van der Waals surface area contributed by atoms with Crippen LogP contribution in [0.15, 0.2) is 78.4 Å². The summed E-state index contributed by atoms with van der Waals surface area (Å²) in [7, 11) is 3.19. The maximum absolute atomic E-state index is 13.7. The fourth-order valence-electron chi connectivity index (χ4n) is 4.46. The van der Waals surface area contributed by atoms with E-state index in [2.05, 4.69) is 17.0 Å². The van der Waals surface area contributed by atoms with Crippen LogP contribution in [0.1, 0.15) is 11.1 Å². The number of ether oxygens (including phenoxy) is 3. The number of methoxy groups -OCH3 is 2. The highest BCUT2D eigenvalue weighted by Crippen LogP contribution is 2.37. The van der Waals surface area contributed by atoms with E-state index in [0.29, 0.717) is 22.1 Å². The number of morpholine rings is 1. The Balaban J connectivity index is 1.52. The largest absolute Gasteiger partial charge is 0.493 e. The van der Waals surface area contributed by atoms with Gasteiger partial charge in [-0.05, 0) is 71.8 Å². The Labute approximate surface area is 215 Å². The summed E-state index contributed by atoms with van der Waals surface area (Å²) in [6.45, 7) is 3.16. The molecular formula is C29H27ClN2O4. The predicted molar refractivity (Wildman–Crippen MR) is 144 cm³/mol. The summed E-state index contributed by atoms with van der Waals surface area (Å²) < 4.78 is 16.2. The fourth-order valence-corrected chi connectivity index (χ4v) is 4.59. The van der Waals surface area contributed by atoms with Crippen LogP contribution in [0, 0.1) is 0 Å². The molecule has 6 nitrogen and oxygen atoms in total. The molecular weight excluding hydrogens is 476 g/mol. The second kappa shape index (κ2) is 10.5. The van der Waals surface area contributed by atoms with Crippen molar-refractivity contribution < 1.29 is 19.0 Å². The van der Waals surface area contributed by atoms with Gasteiger partial charge in [0.25, 0.3) is 5.91 Å². The van der Waals surface area contributed by atoms with Gasteiger partial charge in [0.05, 0.1) is 33.1 Å². The molecule has 0 aliphatic carbocycles. The van der Waals surface area contributed by atoms with Gasteiger partial charge in [-0.15, -0.1) is 0 Å². The Morgan fingerprint density at radius 1 is 0.861 bits per heavy atom. The summed E-state index contributed by atoms with van der Waals surface area (Å²) >= 11 is 6.13. The van der Waals surface area contributed by atoms with E-state index < -0.39 is 0 Å². The number of hydrogen-bond donors (Lipinski definition) is 0. The average molecular weight is 503 g/mol. The van der Waals surface area contributed by atoms with E-state index in [1.165, 1.54) is 0 Å². The quantitative estimate of drug-likeness (QED) is 0.407. The van der Waals surface area contributed by atoms with Gasteiger partial charge in [0.1, 0.15) is 0 Å². The first-order chi connectivity index (χ1) is 17.6. The van der Waals surface area contributed by atoms with Crippen molar-refractivity contribution in [3.8, 4) is 11.5 Å². The van der Waals surface area contributed by atoms with Crippen molar-refractivity contribution in [3.05, 3.63) is 94.5 Å². The molecule has 0 atom stereocenters. The average Bonchev–Trinajstić information content (AvgIpc) is 3.25. The number of hydrogen-bond acceptors (Lipinski definition) is 5. The lowest BCUT2D eigenvalue weighted by molar-refractivity contribution is -0.113. The highest BCUT2D eigenvalue weighted by atomic mass is 35.5. The van der Waals surface area contributed by atoms with Gasteiger partial charge in [0, 0.05) is 35.1 Å². The Kier molecular flexibility index (Phi) is 6.98. The fraction of sp³-hybridized carbons (Fsp3) is 0.207. The van der Waals surface area contributed by atoms with Crippen LogP contribution in [0.3, 0.4) is 0 Å². The summed E-state index contributed by atoms with van der Waals surface area (Å²) in [5.41, 5.74) is 5.03. The molecule has 2 aliphatic heterocycles. The van der Waals surface area contributed by atoms with Crippen molar-refractivity contribution in [2.24, 2.45) is 0 Å². The zero-order valence-electron chi connectivity index (χ0n) is 20.2. The molecule has 1 fully saturated rings. The van der Waals surface area contributed by atoms with E-state index >= 15 is 0 Å². The molecule has 184 valence electrons. The number of nitrogens with zero attached hydrogens (tertiary/aromatic N) is 2. The van der Waals surface area contributed by atoms with Crippen LogP contribution in [0.2, 0.25) is 5.02 Å². The van der Waals surface area contributed by atoms with Gasteiger partial charge >= 0.3 is 0 Å². The highest BCUT2D eigenvalue weighted by Gasteiger charge is 2.30. The second-order valence-corrected chi connectivity index (χ2v) is 8.94. The number of carbonyl (C=O) groups is 1. The number of amides is 1. The van der Waals surface area contributed by atoms with Gasteiger partial charge in [0.2, 0.25) is 0 Å². The molecule has 7 heteroatoms. The number of halogens is 1. The SMILES string of the molecule is COc1ccc(/C=C2/C=C(c3ccc(Cl)cc3)N(c3ccc(N4CCOCC4)cc3)C2=O)cc1OC. The molecule has 2 heterocycles. The Hall–Kier alpha value is -3.74. The monoisotopic (exact) mass is 502 g/mol. The van der Waals surface area contributed by atoms with Crippen LogP contribution in [0.4, 0.5) is 11.4 Å². The zero-order valence-corrected chi connectivity index (χ0v) is 21.0. The third-order valence-corrected chi connectivity index (χ3v) is 6.59. The Bertz CT molecular complexity index is 1310. The van der Waals surface area contributed by atoms with Gasteiger partial charge < -0.3 is 19.1 Å². The minimum atomic E-state index is -0.103. The van der Waals surface area contributed by atoms with Crippen molar-refractivity contribution in [2.45, 2.75) is 0 Å². The topological polar surface area (TPSA) is 51.2 Å². The number of rotatable bonds is 6. The normalized spacial score (nSPS) is 16.9. The smallest absolute Gasteiger partial charge is 0.262 e. The van der Waals surface area contributed by atoms with E-state index in [1.807, 2.05) is 66.7 Å². The molecule has 36 heavy (non-hydrogen) atoms. The number of carbonyl (C=O) groups excluding carboxylic acids is 1. The Morgan fingerprint density at radius 3 is 2.19 bits per heavy atom. The van der Waals surface area contributed by atoms with Crippen molar-refractivity contribution in [1.82, 2.24) is 0 Å². The first-order valence-corrected chi connectivity index (χ1v) is 12.1. The first kappa shape index (κ1) is 24.0.